The highest BCUT2D eigenvalue weighted by Crippen LogP contribution is 2.23. The highest BCUT2D eigenvalue weighted by Gasteiger charge is 2.25. The molecule has 0 bridgehead atoms. The van der Waals surface area contributed by atoms with Crippen molar-refractivity contribution >= 4 is 17.3 Å². The summed E-state index contributed by atoms with van der Waals surface area (Å²) in [5.74, 6) is 0.250. The first-order valence-electron chi connectivity index (χ1n) is 4.57. The van der Waals surface area contributed by atoms with Gasteiger partial charge in [0.25, 0.3) is 0 Å². The topological polar surface area (TPSA) is 41.5 Å². The average Bonchev–Trinajstić information content (AvgIpc) is 2.52. The van der Waals surface area contributed by atoms with Gasteiger partial charge in [-0.25, -0.2) is 0 Å². The van der Waals surface area contributed by atoms with Gasteiger partial charge in [0.15, 0.2) is 5.56 Å². The fraction of sp³-hybridized carbons (Fsp3) is 0.400. The Labute approximate surface area is 87.6 Å². The molecule has 2 atom stereocenters. The molecule has 1 saturated heterocycles. The second-order valence-electron chi connectivity index (χ2n) is 3.31. The lowest BCUT2D eigenvalue weighted by atomic mass is 10.2. The number of hydrogen-bond acceptors (Lipinski definition) is 3. The number of hydrogen-bond donors (Lipinski definition) is 2. The van der Waals surface area contributed by atoms with Crippen molar-refractivity contribution in [3.63, 3.8) is 0 Å². The van der Waals surface area contributed by atoms with Crippen molar-refractivity contribution in [2.45, 2.75) is 18.0 Å². The lowest BCUT2D eigenvalue weighted by Gasteiger charge is -2.15. The minimum absolute atomic E-state index is 0.124. The van der Waals surface area contributed by atoms with Crippen LogP contribution in [0.15, 0.2) is 24.3 Å². The molecule has 1 aromatic carbocycles. The highest BCUT2D eigenvalue weighted by atomic mass is 35.5. The van der Waals surface area contributed by atoms with E-state index in [1.165, 1.54) is 0 Å². The number of aromatic hydroxyl groups is 1. The van der Waals surface area contributed by atoms with Crippen LogP contribution in [0.4, 0.5) is 5.69 Å². The molecule has 1 aliphatic heterocycles. The van der Waals surface area contributed by atoms with Crippen molar-refractivity contribution in [1.82, 2.24) is 0 Å². The van der Waals surface area contributed by atoms with Crippen LogP contribution in [-0.4, -0.2) is 23.3 Å². The van der Waals surface area contributed by atoms with Gasteiger partial charge < -0.3 is 15.2 Å². The van der Waals surface area contributed by atoms with Crippen LogP contribution in [-0.2, 0) is 4.74 Å². The standard InChI is InChI=1S/C10H12ClNO2/c11-10-9(4-5-14-10)12-7-2-1-3-8(13)6-7/h1-3,6,9-10,12-13H,4-5H2. The zero-order chi connectivity index (χ0) is 9.97. The predicted octanol–water partition coefficient (Wildman–Crippen LogP) is 2.16. The Morgan fingerprint density at radius 3 is 3.00 bits per heavy atom. The Bertz CT molecular complexity index is 319. The van der Waals surface area contributed by atoms with E-state index in [1.807, 2.05) is 6.07 Å². The van der Waals surface area contributed by atoms with Gasteiger partial charge in [-0.2, -0.15) is 0 Å². The van der Waals surface area contributed by atoms with E-state index in [1.54, 1.807) is 18.2 Å². The molecule has 2 rings (SSSR count). The molecule has 4 heteroatoms. The van der Waals surface area contributed by atoms with Crippen LogP contribution in [0.25, 0.3) is 0 Å². The molecule has 3 nitrogen and oxygen atoms in total. The summed E-state index contributed by atoms with van der Waals surface area (Å²) in [6.45, 7) is 0.685. The van der Waals surface area contributed by atoms with Crippen LogP contribution in [0.1, 0.15) is 6.42 Å². The van der Waals surface area contributed by atoms with Gasteiger partial charge in [-0.05, 0) is 18.6 Å². The second-order valence-corrected chi connectivity index (χ2v) is 3.74. The summed E-state index contributed by atoms with van der Waals surface area (Å²) in [7, 11) is 0. The van der Waals surface area contributed by atoms with Crippen molar-refractivity contribution in [3.05, 3.63) is 24.3 Å². The Kier molecular flexibility index (Phi) is 2.79. The number of phenols is 1. The van der Waals surface area contributed by atoms with Crippen LogP contribution in [0, 0.1) is 0 Å². The molecule has 1 aliphatic rings. The molecule has 0 radical (unpaired) electrons. The van der Waals surface area contributed by atoms with Gasteiger partial charge in [-0.15, -0.1) is 0 Å². The van der Waals surface area contributed by atoms with Crippen LogP contribution in [0.5, 0.6) is 5.75 Å². The molecule has 1 aromatic rings. The number of alkyl halides is 1. The Morgan fingerprint density at radius 1 is 1.50 bits per heavy atom. The third kappa shape index (κ3) is 2.11. The number of anilines is 1. The summed E-state index contributed by atoms with van der Waals surface area (Å²) < 4.78 is 5.21. The van der Waals surface area contributed by atoms with E-state index in [4.69, 9.17) is 16.3 Å². The summed E-state index contributed by atoms with van der Waals surface area (Å²) in [6.07, 6.45) is 0.893. The number of phenolic OH excluding ortho intramolecular Hbond substituents is 1. The van der Waals surface area contributed by atoms with E-state index < -0.39 is 0 Å². The molecule has 1 heterocycles. The molecule has 0 saturated carbocycles. The molecule has 76 valence electrons. The minimum Gasteiger partial charge on any atom is -0.508 e. The van der Waals surface area contributed by atoms with Gasteiger partial charge in [0, 0.05) is 11.8 Å². The number of nitrogens with one attached hydrogen (secondary N) is 1. The third-order valence-corrected chi connectivity index (χ3v) is 2.65. The zero-order valence-electron chi connectivity index (χ0n) is 7.61. The zero-order valence-corrected chi connectivity index (χ0v) is 8.37. The molecular formula is C10H12ClNO2. The molecule has 1 fully saturated rings. The van der Waals surface area contributed by atoms with Gasteiger partial charge in [-0.3, -0.25) is 0 Å². The highest BCUT2D eigenvalue weighted by molar-refractivity contribution is 6.20. The quantitative estimate of drug-likeness (QED) is 0.740. The lowest BCUT2D eigenvalue weighted by Crippen LogP contribution is -2.24. The number of benzene rings is 1. The largest absolute Gasteiger partial charge is 0.508 e. The van der Waals surface area contributed by atoms with E-state index in [2.05, 4.69) is 5.32 Å². The van der Waals surface area contributed by atoms with Gasteiger partial charge >= 0.3 is 0 Å². The van der Waals surface area contributed by atoms with Crippen molar-refractivity contribution in [2.75, 3.05) is 11.9 Å². The molecule has 2 N–H and O–H groups in total. The SMILES string of the molecule is Oc1cccc(NC2CCOC2Cl)c1. The molecule has 0 amide bonds. The summed E-state index contributed by atoms with van der Waals surface area (Å²) >= 11 is 5.92. The van der Waals surface area contributed by atoms with Crippen LogP contribution in [0.2, 0.25) is 0 Å². The summed E-state index contributed by atoms with van der Waals surface area (Å²) in [4.78, 5) is 0. The third-order valence-electron chi connectivity index (χ3n) is 2.22. The maximum atomic E-state index is 9.25. The fourth-order valence-corrected chi connectivity index (χ4v) is 1.78. The van der Waals surface area contributed by atoms with E-state index in [9.17, 15) is 5.11 Å². The minimum atomic E-state index is -0.280. The maximum Gasteiger partial charge on any atom is 0.151 e. The first kappa shape index (κ1) is 9.62. The van der Waals surface area contributed by atoms with Gasteiger partial charge in [0.2, 0.25) is 0 Å². The Hall–Kier alpha value is -0.930. The number of rotatable bonds is 2. The molecule has 14 heavy (non-hydrogen) atoms. The smallest absolute Gasteiger partial charge is 0.151 e. The van der Waals surface area contributed by atoms with E-state index in [0.29, 0.717) is 6.61 Å². The van der Waals surface area contributed by atoms with Crippen molar-refractivity contribution in [2.24, 2.45) is 0 Å². The van der Waals surface area contributed by atoms with E-state index in [-0.39, 0.29) is 17.4 Å². The van der Waals surface area contributed by atoms with Crippen LogP contribution >= 0.6 is 11.6 Å². The Morgan fingerprint density at radius 2 is 2.36 bits per heavy atom. The van der Waals surface area contributed by atoms with Crippen molar-refractivity contribution < 1.29 is 9.84 Å². The van der Waals surface area contributed by atoms with Gasteiger partial charge in [0.1, 0.15) is 5.75 Å². The number of ether oxygens (including phenoxy) is 1. The van der Waals surface area contributed by atoms with Crippen molar-refractivity contribution in [1.29, 1.82) is 0 Å². The number of halogens is 1. The molecule has 0 aliphatic carbocycles. The van der Waals surface area contributed by atoms with Crippen LogP contribution < -0.4 is 5.32 Å². The van der Waals surface area contributed by atoms with Gasteiger partial charge in [0.05, 0.1) is 12.6 Å². The maximum absolute atomic E-state index is 9.25. The summed E-state index contributed by atoms with van der Waals surface area (Å²) in [6, 6.07) is 7.10. The second kappa shape index (κ2) is 4.07. The summed E-state index contributed by atoms with van der Waals surface area (Å²) in [5, 5.41) is 12.5. The van der Waals surface area contributed by atoms with Crippen LogP contribution in [0.3, 0.4) is 0 Å². The molecule has 2 unspecified atom stereocenters. The summed E-state index contributed by atoms with van der Waals surface area (Å²) in [5.41, 5.74) is 0.587. The molecule has 0 aromatic heterocycles. The average molecular weight is 214 g/mol. The first-order chi connectivity index (χ1) is 6.75. The van der Waals surface area contributed by atoms with E-state index >= 15 is 0 Å². The lowest BCUT2D eigenvalue weighted by molar-refractivity contribution is 0.165. The molecule has 0 spiro atoms. The normalized spacial score (nSPS) is 26.4. The first-order valence-corrected chi connectivity index (χ1v) is 5.00. The van der Waals surface area contributed by atoms with E-state index in [0.717, 1.165) is 12.1 Å². The monoisotopic (exact) mass is 213 g/mol. The van der Waals surface area contributed by atoms with Crippen molar-refractivity contribution in [3.8, 4) is 5.75 Å². The fourth-order valence-electron chi connectivity index (χ4n) is 1.50. The predicted molar refractivity (Wildman–Crippen MR) is 55.7 cm³/mol. The van der Waals surface area contributed by atoms with Gasteiger partial charge in [-0.1, -0.05) is 17.7 Å². The molecular weight excluding hydrogens is 202 g/mol. The Balaban J connectivity index is 2.03.